The summed E-state index contributed by atoms with van der Waals surface area (Å²) in [5.41, 5.74) is 0.821. The molecule has 3 aliphatic carbocycles. The molecule has 2 heterocycles. The SMILES string of the molecule is Cl.O=C(c1cnc(Nc2ccc(F)c(C(F)(F)F)c2)c2c1C1CCC2CC1)N1CCS(=O)(=O)CC1. The largest absolute Gasteiger partial charge is 0.419 e. The molecule has 1 saturated carbocycles. The first-order valence-electron chi connectivity index (χ1n) is 11.2. The van der Waals surface area contributed by atoms with E-state index < -0.39 is 27.4 Å². The van der Waals surface area contributed by atoms with E-state index in [1.54, 1.807) is 0 Å². The van der Waals surface area contributed by atoms with E-state index in [0.717, 1.165) is 48.9 Å². The third-order valence-corrected chi connectivity index (χ3v) is 8.71. The number of hydrogen-bond acceptors (Lipinski definition) is 5. The van der Waals surface area contributed by atoms with Crippen molar-refractivity contribution in [3.05, 3.63) is 52.5 Å². The van der Waals surface area contributed by atoms with Crippen molar-refractivity contribution < 1.29 is 30.8 Å². The van der Waals surface area contributed by atoms with Crippen LogP contribution in [0.5, 0.6) is 0 Å². The predicted molar refractivity (Wildman–Crippen MR) is 125 cm³/mol. The molecule has 0 unspecified atom stereocenters. The van der Waals surface area contributed by atoms with E-state index in [4.69, 9.17) is 0 Å². The van der Waals surface area contributed by atoms with Crippen molar-refractivity contribution in [2.75, 3.05) is 29.9 Å². The van der Waals surface area contributed by atoms with Crippen LogP contribution in [-0.2, 0) is 16.0 Å². The Morgan fingerprint density at radius 2 is 1.63 bits per heavy atom. The van der Waals surface area contributed by atoms with Crippen molar-refractivity contribution in [1.29, 1.82) is 0 Å². The second-order valence-electron chi connectivity index (χ2n) is 9.16. The number of amides is 1. The van der Waals surface area contributed by atoms with Gasteiger partial charge >= 0.3 is 6.18 Å². The highest BCUT2D eigenvalue weighted by atomic mass is 35.5. The molecule has 1 aromatic heterocycles. The van der Waals surface area contributed by atoms with E-state index in [1.165, 1.54) is 17.2 Å². The molecule has 1 amide bonds. The molecule has 2 bridgehead atoms. The van der Waals surface area contributed by atoms with Gasteiger partial charge in [-0.3, -0.25) is 4.79 Å². The molecule has 2 aromatic rings. The number of fused-ring (bicyclic) bond motifs is 2. The molecule has 0 spiro atoms. The summed E-state index contributed by atoms with van der Waals surface area (Å²) in [5.74, 6) is -1.14. The number of nitrogens with one attached hydrogen (secondary N) is 1. The van der Waals surface area contributed by atoms with Gasteiger partial charge in [-0.2, -0.15) is 13.2 Å². The van der Waals surface area contributed by atoms with Crippen LogP contribution in [0.4, 0.5) is 29.1 Å². The standard InChI is InChI=1S/C23H23F4N3O3S.ClH/c24-18-6-5-15(11-17(18)23(25,26)27)29-21-20-14-3-1-13(2-4-14)19(20)16(12-28-21)22(31)30-7-9-34(32,33)10-8-30;/h5-6,11-14H,1-4,7-10H2,(H,28,29);1H. The third-order valence-electron chi connectivity index (χ3n) is 7.10. The molecule has 6 nitrogen and oxygen atoms in total. The number of benzene rings is 1. The fraction of sp³-hybridized carbons (Fsp3) is 0.478. The van der Waals surface area contributed by atoms with Crippen LogP contribution in [0.2, 0.25) is 0 Å². The molecule has 1 N–H and O–H groups in total. The fourth-order valence-electron chi connectivity index (χ4n) is 5.38. The molecule has 0 atom stereocenters. The lowest BCUT2D eigenvalue weighted by Gasteiger charge is -2.40. The van der Waals surface area contributed by atoms with E-state index in [9.17, 15) is 30.8 Å². The van der Waals surface area contributed by atoms with Gasteiger partial charge < -0.3 is 10.2 Å². The molecule has 4 aliphatic rings. The van der Waals surface area contributed by atoms with E-state index in [0.29, 0.717) is 11.4 Å². The van der Waals surface area contributed by atoms with Crippen LogP contribution in [0, 0.1) is 5.82 Å². The minimum atomic E-state index is -4.83. The first-order chi connectivity index (χ1) is 16.0. The van der Waals surface area contributed by atoms with Gasteiger partial charge in [-0.1, -0.05) is 0 Å². The van der Waals surface area contributed by atoms with Gasteiger partial charge in [0.25, 0.3) is 5.91 Å². The van der Waals surface area contributed by atoms with Gasteiger partial charge in [0.1, 0.15) is 11.6 Å². The Morgan fingerprint density at radius 3 is 2.23 bits per heavy atom. The zero-order valence-electron chi connectivity index (χ0n) is 18.6. The molecule has 1 aromatic carbocycles. The second kappa shape index (κ2) is 9.24. The lowest BCUT2D eigenvalue weighted by atomic mass is 9.66. The lowest BCUT2D eigenvalue weighted by Crippen LogP contribution is -2.44. The van der Waals surface area contributed by atoms with Crippen LogP contribution in [0.25, 0.3) is 0 Å². The quantitative estimate of drug-likeness (QED) is 0.560. The van der Waals surface area contributed by atoms with Crippen LogP contribution < -0.4 is 5.32 Å². The highest BCUT2D eigenvalue weighted by Crippen LogP contribution is 2.53. The van der Waals surface area contributed by atoms with Crippen molar-refractivity contribution in [3.63, 3.8) is 0 Å². The number of aromatic nitrogens is 1. The van der Waals surface area contributed by atoms with Gasteiger partial charge in [-0.05, 0) is 61.3 Å². The van der Waals surface area contributed by atoms with Crippen molar-refractivity contribution >= 4 is 39.7 Å². The van der Waals surface area contributed by atoms with Crippen molar-refractivity contribution in [3.8, 4) is 0 Å². The second-order valence-corrected chi connectivity index (χ2v) is 11.5. The average Bonchev–Trinajstić information content (AvgIpc) is 2.80. The number of hydrogen-bond donors (Lipinski definition) is 1. The topological polar surface area (TPSA) is 79.4 Å². The molecule has 2 fully saturated rings. The van der Waals surface area contributed by atoms with Gasteiger partial charge in [0, 0.05) is 30.5 Å². The van der Waals surface area contributed by atoms with Gasteiger partial charge in [-0.25, -0.2) is 17.8 Å². The van der Waals surface area contributed by atoms with Crippen molar-refractivity contribution in [2.45, 2.75) is 43.7 Å². The molecule has 6 rings (SSSR count). The fourth-order valence-corrected chi connectivity index (χ4v) is 6.58. The highest BCUT2D eigenvalue weighted by molar-refractivity contribution is 7.91. The number of halogens is 5. The Kier molecular flexibility index (Phi) is 6.78. The van der Waals surface area contributed by atoms with Gasteiger partial charge in [0.15, 0.2) is 9.84 Å². The average molecular weight is 534 g/mol. The smallest absolute Gasteiger partial charge is 0.340 e. The van der Waals surface area contributed by atoms with Crippen molar-refractivity contribution in [2.24, 2.45) is 0 Å². The van der Waals surface area contributed by atoms with Crippen LogP contribution >= 0.6 is 12.4 Å². The molecule has 1 saturated heterocycles. The van der Waals surface area contributed by atoms with Gasteiger partial charge in [0.2, 0.25) is 0 Å². The summed E-state index contributed by atoms with van der Waals surface area (Å²) >= 11 is 0. The first kappa shape index (κ1) is 25.7. The Labute approximate surface area is 206 Å². The number of anilines is 2. The Hall–Kier alpha value is -2.40. The molecule has 1 aliphatic heterocycles. The zero-order chi connectivity index (χ0) is 24.3. The predicted octanol–water partition coefficient (Wildman–Crippen LogP) is 5.03. The van der Waals surface area contributed by atoms with Crippen LogP contribution in [-0.4, -0.2) is 48.8 Å². The third kappa shape index (κ3) is 4.84. The van der Waals surface area contributed by atoms with E-state index in [-0.39, 0.29) is 60.4 Å². The summed E-state index contributed by atoms with van der Waals surface area (Å²) in [6, 6.07) is 2.72. The summed E-state index contributed by atoms with van der Waals surface area (Å²) in [4.78, 5) is 19.3. The molecular formula is C23H24ClF4N3O3S. The number of carbonyl (C=O) groups excluding carboxylic acids is 1. The molecular weight excluding hydrogens is 510 g/mol. The summed E-state index contributed by atoms with van der Waals surface area (Å²) in [5, 5.41) is 2.93. The maximum atomic E-state index is 13.7. The lowest BCUT2D eigenvalue weighted by molar-refractivity contribution is -0.139. The van der Waals surface area contributed by atoms with Gasteiger partial charge in [-0.15, -0.1) is 12.4 Å². The number of alkyl halides is 3. The number of rotatable bonds is 3. The van der Waals surface area contributed by atoms with Crippen LogP contribution in [0.1, 0.15) is 64.6 Å². The minimum absolute atomic E-state index is 0. The number of pyridine rings is 1. The number of carbonyl (C=O) groups is 1. The maximum Gasteiger partial charge on any atom is 0.419 e. The van der Waals surface area contributed by atoms with Crippen LogP contribution in [0.15, 0.2) is 24.4 Å². The summed E-state index contributed by atoms with van der Waals surface area (Å²) in [6.07, 6.45) is 0.207. The number of sulfone groups is 1. The Balaban J connectivity index is 0.00000289. The van der Waals surface area contributed by atoms with Gasteiger partial charge in [0.05, 0.1) is 22.6 Å². The zero-order valence-corrected chi connectivity index (χ0v) is 20.2. The minimum Gasteiger partial charge on any atom is -0.340 e. The number of nitrogens with zero attached hydrogens (tertiary/aromatic N) is 2. The Bertz CT molecular complexity index is 1250. The summed E-state index contributed by atoms with van der Waals surface area (Å²) in [7, 11) is -3.14. The van der Waals surface area contributed by atoms with E-state index in [2.05, 4.69) is 10.3 Å². The van der Waals surface area contributed by atoms with E-state index >= 15 is 0 Å². The Morgan fingerprint density at radius 1 is 1.03 bits per heavy atom. The molecule has 0 radical (unpaired) electrons. The maximum absolute atomic E-state index is 13.7. The first-order valence-corrected chi connectivity index (χ1v) is 13.0. The van der Waals surface area contributed by atoms with Crippen LogP contribution in [0.3, 0.4) is 0 Å². The normalized spacial score (nSPS) is 22.8. The molecule has 12 heteroatoms. The summed E-state index contributed by atoms with van der Waals surface area (Å²) < 4.78 is 76.8. The summed E-state index contributed by atoms with van der Waals surface area (Å²) in [6.45, 7) is 0.250. The molecule has 35 heavy (non-hydrogen) atoms. The van der Waals surface area contributed by atoms with Crippen molar-refractivity contribution in [1.82, 2.24) is 9.88 Å². The monoisotopic (exact) mass is 533 g/mol. The van der Waals surface area contributed by atoms with E-state index in [1.807, 2.05) is 0 Å². The highest BCUT2D eigenvalue weighted by Gasteiger charge is 2.40. The molecule has 190 valence electrons.